The molecule has 7 amide bonds. The number of H-pyrrole nitrogens is 1. The van der Waals surface area contributed by atoms with Crippen molar-refractivity contribution in [3.63, 3.8) is 0 Å². The van der Waals surface area contributed by atoms with Crippen LogP contribution < -0.4 is 143 Å². The van der Waals surface area contributed by atoms with E-state index in [9.17, 15) is 64.7 Å². The Morgan fingerprint density at radius 1 is 0.403 bits per heavy atom. The second-order valence-electron chi connectivity index (χ2n) is 36.6. The number of nitrogens with two attached hydrogens (primary N) is 4. The Hall–Kier alpha value is -11.5. The monoisotopic (exact) mass is 2200 g/mol. The standard InChI is InChI=1S/C26H31F2N5O4S.C25H30ClN5O3S.C25H31N5O4S.C21H23F2N5O2S.C2ClF2O.2Na.2H2O/c1-26(2,3)37-25(35)33-14-12-32(13-15-33)17-6-4-16(5-7-17)10-11-30-22(34)21-20(29)18-8-9-19(36-24(27)28)31-23(18)38-21;1-25(2,3)34-24(33)31-14-12-30(13-15-31)17-6-4-16(5-7-17)10-11-28-22(32)21-20(27)18-8-9-19(26)29-23(18)35-21;1-25(2,3)34-24(33)30-14-12-29(13-15-30)17-6-4-16(5-7-17)10-11-27-22(32)21-20(26)18-8-9-19(31)28-23(18)35-21;22-21(23)30-16-6-5-15-17(24)18(31-20(15)27-16)19(29)26-8-7-13-1-3-14(4-2-13)28-11-9-25-10-12-28;3-2(4,5)1-6;;;;/h4-9,24H,10-15,29H2,1-3H3,(H,30,34);4-9H,10-15,27H2,1-3H3,(H,28,32);4-9H,10-15,26H2,1-3H3,(H,27,32)(H,28,31);1-6,21,25H,7-12,24H2,(H,26,29);;;;2*1H2/q;;;;-1;2*+1;;/p-2. The molecule has 36 nitrogen and oxygen atoms in total. The van der Waals surface area contributed by atoms with Crippen LogP contribution in [0.5, 0.6) is 11.8 Å². The van der Waals surface area contributed by atoms with Gasteiger partial charge < -0.3 is 128 Å². The molecular weight excluding hydrogens is 2080 g/mol. The molecule has 16 N–H and O–H groups in total. The average Bonchev–Trinajstić information content (AvgIpc) is 1.66. The number of nitrogen functional groups attached to an aromatic ring is 4. The van der Waals surface area contributed by atoms with E-state index in [1.165, 1.54) is 58.7 Å². The van der Waals surface area contributed by atoms with E-state index in [1.54, 1.807) is 32.9 Å². The van der Waals surface area contributed by atoms with Crippen LogP contribution in [0.3, 0.4) is 0 Å². The Kier molecular flexibility index (Phi) is 46.2. The number of anilines is 8. The van der Waals surface area contributed by atoms with E-state index in [4.69, 9.17) is 53.5 Å². The summed E-state index contributed by atoms with van der Waals surface area (Å²) in [4.78, 5) is 140. The van der Waals surface area contributed by atoms with Crippen molar-refractivity contribution in [1.82, 2.24) is 61.2 Å². The molecule has 4 aromatic carbocycles. The van der Waals surface area contributed by atoms with Crippen LogP contribution in [0.1, 0.15) is 123 Å². The van der Waals surface area contributed by atoms with Crippen LogP contribution in [-0.4, -0.2) is 260 Å². The summed E-state index contributed by atoms with van der Waals surface area (Å²) in [7, 11) is 0. The van der Waals surface area contributed by atoms with Gasteiger partial charge in [0.25, 0.3) is 23.6 Å². The molecule has 4 aliphatic rings. The second-order valence-corrected chi connectivity index (χ2v) is 41.5. The van der Waals surface area contributed by atoms with Gasteiger partial charge in [0.05, 0.1) is 22.7 Å². The van der Waals surface area contributed by atoms with Crippen molar-refractivity contribution in [2.45, 2.75) is 123 Å². The number of amides is 7. The number of alkyl halides is 7. The van der Waals surface area contributed by atoms with E-state index < -0.39 is 35.4 Å². The molecule has 0 saturated carbocycles. The van der Waals surface area contributed by atoms with E-state index in [1.807, 2.05) is 86.6 Å². The number of carbonyl (C=O) groups excluding carboxylic acids is 8. The van der Waals surface area contributed by atoms with Crippen molar-refractivity contribution in [2.24, 2.45) is 0 Å². The number of piperazine rings is 4. The van der Waals surface area contributed by atoms with E-state index in [-0.39, 0.29) is 152 Å². The molecule has 0 atom stereocenters. The van der Waals surface area contributed by atoms with Crippen LogP contribution >= 0.6 is 68.5 Å². The number of nitrogens with one attached hydrogen (secondary N) is 6. The van der Waals surface area contributed by atoms with Gasteiger partial charge in [-0.1, -0.05) is 71.7 Å². The zero-order valence-corrected chi connectivity index (χ0v) is 92.8. The second kappa shape index (κ2) is 56.0. The van der Waals surface area contributed by atoms with Crippen LogP contribution in [-0.2, 0) is 44.7 Å². The first-order chi connectivity index (χ1) is 68.8. The largest absolute Gasteiger partial charge is 1.00 e. The summed E-state index contributed by atoms with van der Waals surface area (Å²) in [5.41, 5.74) is 33.0. The molecule has 792 valence electrons. The maximum atomic E-state index is 12.7. The molecule has 0 bridgehead atoms. The molecule has 8 aromatic heterocycles. The van der Waals surface area contributed by atoms with Crippen molar-refractivity contribution < 1.29 is 158 Å². The van der Waals surface area contributed by atoms with Crippen LogP contribution in [0.25, 0.3) is 40.9 Å². The molecule has 0 unspecified atom stereocenters. The van der Waals surface area contributed by atoms with Crippen LogP contribution in [0.4, 0.5) is 86.2 Å². The predicted octanol–water partition coefficient (Wildman–Crippen LogP) is 9.72. The van der Waals surface area contributed by atoms with Crippen molar-refractivity contribution >= 4 is 203 Å². The van der Waals surface area contributed by atoms with Crippen molar-refractivity contribution in [2.75, 3.05) is 173 Å². The summed E-state index contributed by atoms with van der Waals surface area (Å²) in [5, 5.41) is 14.0. The number of hydrogen-bond donors (Lipinski definition) is 10. The summed E-state index contributed by atoms with van der Waals surface area (Å²) in [5.74, 6) is -1.55. The zero-order chi connectivity index (χ0) is 105. The summed E-state index contributed by atoms with van der Waals surface area (Å²) < 4.78 is 96.2. The summed E-state index contributed by atoms with van der Waals surface area (Å²) in [6.45, 7) is 24.8. The minimum Gasteiger partial charge on any atom is -0.870 e. The molecule has 0 radical (unpaired) electrons. The normalized spacial score (nSPS) is 13.7. The number of halogens is 8. The molecule has 0 spiro atoms. The first-order valence-corrected chi connectivity index (χ1v) is 50.4. The molecular formula is C99H117Cl2F6N20Na2O16S4-. The average molecular weight is 2200 g/mol. The van der Waals surface area contributed by atoms with Crippen LogP contribution in [0.15, 0.2) is 150 Å². The van der Waals surface area contributed by atoms with Gasteiger partial charge >= 0.3 is 90.6 Å². The number of fused-ring (bicyclic) bond motifs is 4. The number of thiophene rings is 4. The molecule has 12 heterocycles. The molecule has 50 heteroatoms. The van der Waals surface area contributed by atoms with Gasteiger partial charge in [-0.3, -0.25) is 24.0 Å². The number of pyridine rings is 4. The molecule has 0 aliphatic carbocycles. The van der Waals surface area contributed by atoms with Crippen LogP contribution in [0.2, 0.25) is 5.15 Å². The minimum atomic E-state index is -3.79. The Morgan fingerprint density at radius 2 is 0.664 bits per heavy atom. The SMILES string of the molecule is CC(C)(C)OC(=O)N1CCN(c2ccc(CCNC(=O)c3sc4[nH]c(=O)ccc4c3N)cc2)CC1.CC(C)(C)OC(=O)N1CCN(c2ccc(CCNC(=O)c3sc4nc(Cl)ccc4c3N)cc2)CC1.CC(C)(C)OC(=O)N1CCN(c2ccc(CCNC(=O)c3sc4nc(OC(F)F)ccc4c3N)cc2)CC1.Nc1c(C(=O)NCCc2ccc(N3CCNCC3)cc2)sc2nc(OC(F)F)ccc12.O=[C-]C(F)(F)Cl.[Na+].[Na+].[OH-].[OH-]. The van der Waals surface area contributed by atoms with Crippen molar-refractivity contribution in [3.05, 3.63) is 203 Å². The minimum absolute atomic E-state index is 0. The number of ether oxygens (including phenoxy) is 5. The summed E-state index contributed by atoms with van der Waals surface area (Å²) in [6, 6.07) is 45.2. The van der Waals surface area contributed by atoms with Crippen molar-refractivity contribution in [3.8, 4) is 11.8 Å². The molecule has 16 rings (SSSR count). The molecule has 12 aromatic rings. The quantitative estimate of drug-likeness (QED) is 0.00635. The topological polar surface area (TPSA) is 501 Å². The van der Waals surface area contributed by atoms with Gasteiger partial charge in [0.1, 0.15) is 60.8 Å². The Morgan fingerprint density at radius 3 is 0.946 bits per heavy atom. The number of nitrogens with zero attached hydrogens (tertiary/aromatic N) is 10. The third kappa shape index (κ3) is 36.4. The number of aromatic amines is 1. The first kappa shape index (κ1) is 123. The third-order valence-electron chi connectivity index (χ3n) is 22.6. The van der Waals surface area contributed by atoms with E-state index in [2.05, 4.69) is 160 Å². The van der Waals surface area contributed by atoms with Gasteiger partial charge in [-0.2, -0.15) is 23.8 Å². The number of carbonyl (C=O) groups is 7. The van der Waals surface area contributed by atoms with Gasteiger partial charge in [0.2, 0.25) is 22.7 Å². The van der Waals surface area contributed by atoms with E-state index >= 15 is 0 Å². The predicted molar refractivity (Wildman–Crippen MR) is 563 cm³/mol. The maximum Gasteiger partial charge on any atom is 1.00 e. The van der Waals surface area contributed by atoms with E-state index in [0.29, 0.717) is 158 Å². The Labute approximate surface area is 926 Å². The molecule has 149 heavy (non-hydrogen) atoms. The number of hydrogen-bond acceptors (Lipinski definition) is 32. The smallest absolute Gasteiger partial charge is 0.870 e. The van der Waals surface area contributed by atoms with Gasteiger partial charge in [-0.15, -0.1) is 45.3 Å². The summed E-state index contributed by atoms with van der Waals surface area (Å²) in [6.07, 6.45) is 2.17. The van der Waals surface area contributed by atoms with Gasteiger partial charge in [-0.25, -0.2) is 38.1 Å². The summed E-state index contributed by atoms with van der Waals surface area (Å²) >= 11 is 14.4. The first-order valence-electron chi connectivity index (χ1n) is 46.4. The number of aromatic nitrogens is 4. The number of rotatable bonds is 25. The Bertz CT molecular complexity index is 6560. The molecule has 4 saturated heterocycles. The van der Waals surface area contributed by atoms with E-state index in [0.717, 1.165) is 133 Å². The number of benzene rings is 4. The van der Waals surface area contributed by atoms with Gasteiger partial charge in [0.15, 0.2) is 0 Å². The molecule has 4 aliphatic heterocycles. The maximum absolute atomic E-state index is 12.7. The fraction of sp³-hybridized carbons (Fsp3) is 0.394. The fourth-order valence-corrected chi connectivity index (χ4v) is 19.6. The zero-order valence-electron chi connectivity index (χ0n) is 84.0. The van der Waals surface area contributed by atoms with Gasteiger partial charge in [0, 0.05) is 193 Å². The van der Waals surface area contributed by atoms with Crippen molar-refractivity contribution in [1.29, 1.82) is 0 Å². The Balaban J connectivity index is 0.000000236. The van der Waals surface area contributed by atoms with Gasteiger partial charge in [-0.05, 0) is 189 Å². The molecule has 4 fully saturated rings. The van der Waals surface area contributed by atoms with Crippen LogP contribution in [0, 0.1) is 0 Å². The third-order valence-corrected chi connectivity index (χ3v) is 27.4. The fourth-order valence-electron chi connectivity index (χ4n) is 15.4.